The Kier molecular flexibility index (Phi) is 5.43. The molecule has 0 bridgehead atoms. The lowest BCUT2D eigenvalue weighted by Gasteiger charge is -2.14. The fourth-order valence-corrected chi connectivity index (χ4v) is 4.19. The average molecular weight is 436 g/mol. The summed E-state index contributed by atoms with van der Waals surface area (Å²) in [6.07, 6.45) is 1.64. The van der Waals surface area contributed by atoms with Gasteiger partial charge in [0.15, 0.2) is 4.32 Å². The molecule has 8 heteroatoms. The monoisotopic (exact) mass is 436 g/mol. The summed E-state index contributed by atoms with van der Waals surface area (Å²) in [5, 5.41) is 10.9. The van der Waals surface area contributed by atoms with Crippen molar-refractivity contribution in [1.29, 1.82) is 0 Å². The van der Waals surface area contributed by atoms with Crippen LogP contribution in [0, 0.1) is 0 Å². The molecule has 2 heterocycles. The van der Waals surface area contributed by atoms with Crippen LogP contribution in [-0.4, -0.2) is 23.3 Å². The Morgan fingerprint density at radius 3 is 2.43 bits per heavy atom. The minimum atomic E-state index is -1.24. The molecule has 150 valence electrons. The van der Waals surface area contributed by atoms with Crippen LogP contribution in [-0.2, 0) is 4.79 Å². The predicted molar refractivity (Wildman–Crippen MR) is 117 cm³/mol. The standard InChI is InChI=1S/C22H15NO5S2/c1-27-16-8-6-15(7-9-16)23-20(24)19(30-22(23)29)12-17-10-11-18(28-17)13-2-4-14(5-3-13)21(25)26/h2-12H,1H3,(H,25,26)/p-1/b19-12-. The number of thioether (sulfide) groups is 1. The van der Waals surface area contributed by atoms with E-state index in [-0.39, 0.29) is 11.5 Å². The molecule has 1 aliphatic heterocycles. The van der Waals surface area contributed by atoms with Crippen LogP contribution in [0.1, 0.15) is 16.1 Å². The fourth-order valence-electron chi connectivity index (χ4n) is 2.91. The molecule has 0 unspecified atom stereocenters. The fraction of sp³-hybridized carbons (Fsp3) is 0.0455. The number of carboxylic acid groups (broad SMARTS) is 1. The normalized spacial score (nSPS) is 15.1. The molecule has 1 fully saturated rings. The average Bonchev–Trinajstić information content (AvgIpc) is 3.33. The van der Waals surface area contributed by atoms with E-state index in [4.69, 9.17) is 21.4 Å². The number of carbonyl (C=O) groups excluding carboxylic acids is 2. The Morgan fingerprint density at radius 2 is 1.80 bits per heavy atom. The summed E-state index contributed by atoms with van der Waals surface area (Å²) < 4.78 is 11.4. The quantitative estimate of drug-likeness (QED) is 0.445. The number of anilines is 1. The molecule has 0 spiro atoms. The number of ether oxygens (including phenoxy) is 1. The van der Waals surface area contributed by atoms with Crippen LogP contribution in [0.15, 0.2) is 70.0 Å². The van der Waals surface area contributed by atoms with E-state index in [0.29, 0.717) is 37.7 Å². The van der Waals surface area contributed by atoms with E-state index < -0.39 is 5.97 Å². The van der Waals surface area contributed by atoms with Crippen molar-refractivity contribution in [3.8, 4) is 17.1 Å². The van der Waals surface area contributed by atoms with E-state index in [1.165, 1.54) is 28.8 Å². The maximum absolute atomic E-state index is 12.9. The largest absolute Gasteiger partial charge is 0.545 e. The van der Waals surface area contributed by atoms with E-state index in [1.54, 1.807) is 61.7 Å². The molecule has 6 nitrogen and oxygen atoms in total. The number of carboxylic acids is 1. The number of carbonyl (C=O) groups is 2. The minimum absolute atomic E-state index is 0.0905. The first-order chi connectivity index (χ1) is 14.5. The van der Waals surface area contributed by atoms with E-state index in [2.05, 4.69) is 0 Å². The summed E-state index contributed by atoms with van der Waals surface area (Å²) in [6.45, 7) is 0. The van der Waals surface area contributed by atoms with Gasteiger partial charge in [0.05, 0.1) is 23.7 Å². The topological polar surface area (TPSA) is 82.8 Å². The summed E-state index contributed by atoms with van der Waals surface area (Å²) in [7, 11) is 1.58. The van der Waals surface area contributed by atoms with Gasteiger partial charge in [-0.25, -0.2) is 0 Å². The zero-order valence-electron chi connectivity index (χ0n) is 15.7. The van der Waals surface area contributed by atoms with Gasteiger partial charge in [0, 0.05) is 11.6 Å². The third-order valence-corrected chi connectivity index (χ3v) is 5.73. The van der Waals surface area contributed by atoms with Crippen LogP contribution in [0.25, 0.3) is 17.4 Å². The first-order valence-corrected chi connectivity index (χ1v) is 10.0. The Labute approximate surface area is 181 Å². The summed E-state index contributed by atoms with van der Waals surface area (Å²) in [5.74, 6) is 0.267. The van der Waals surface area contributed by atoms with Gasteiger partial charge in [-0.15, -0.1) is 0 Å². The molecule has 1 saturated heterocycles. The van der Waals surface area contributed by atoms with Crippen molar-refractivity contribution in [2.24, 2.45) is 0 Å². The summed E-state index contributed by atoms with van der Waals surface area (Å²) in [4.78, 5) is 25.6. The molecule has 30 heavy (non-hydrogen) atoms. The Morgan fingerprint density at radius 1 is 1.10 bits per heavy atom. The van der Waals surface area contributed by atoms with E-state index in [1.807, 2.05) is 0 Å². The van der Waals surface area contributed by atoms with Gasteiger partial charge in [-0.3, -0.25) is 9.69 Å². The van der Waals surface area contributed by atoms with E-state index in [0.717, 1.165) is 0 Å². The molecule has 2 aromatic carbocycles. The minimum Gasteiger partial charge on any atom is -0.545 e. The number of hydrogen-bond donors (Lipinski definition) is 0. The van der Waals surface area contributed by atoms with Gasteiger partial charge in [-0.1, -0.05) is 48.2 Å². The maximum atomic E-state index is 12.9. The van der Waals surface area contributed by atoms with Gasteiger partial charge >= 0.3 is 0 Å². The highest BCUT2D eigenvalue weighted by Gasteiger charge is 2.33. The lowest BCUT2D eigenvalue weighted by molar-refractivity contribution is -0.255. The number of furan rings is 1. The Bertz CT molecular complexity index is 1160. The number of benzene rings is 2. The number of hydrogen-bond acceptors (Lipinski definition) is 7. The van der Waals surface area contributed by atoms with Crippen LogP contribution in [0.3, 0.4) is 0 Å². The SMILES string of the molecule is COc1ccc(N2C(=O)/C(=C/c3ccc(-c4ccc(C(=O)[O-])cc4)o3)SC2=S)cc1. The molecule has 1 aliphatic rings. The van der Waals surface area contributed by atoms with Crippen molar-refractivity contribution in [3.05, 3.63) is 76.9 Å². The summed E-state index contributed by atoms with van der Waals surface area (Å²) in [5.41, 5.74) is 1.47. The van der Waals surface area contributed by atoms with Crippen LogP contribution < -0.4 is 14.7 Å². The predicted octanol–water partition coefficient (Wildman–Crippen LogP) is 3.72. The molecule has 0 N–H and O–H groups in total. The third-order valence-electron chi connectivity index (χ3n) is 4.43. The summed E-state index contributed by atoms with van der Waals surface area (Å²) in [6, 6.07) is 16.7. The molecule has 0 saturated carbocycles. The highest BCUT2D eigenvalue weighted by Crippen LogP contribution is 2.37. The Balaban J connectivity index is 1.56. The number of nitrogens with zero attached hydrogens (tertiary/aromatic N) is 1. The van der Waals surface area contributed by atoms with Gasteiger partial charge in [0.1, 0.15) is 17.3 Å². The zero-order valence-corrected chi connectivity index (χ0v) is 17.3. The number of thiocarbonyl (C=S) groups is 1. The van der Waals surface area contributed by atoms with Gasteiger partial charge in [0.25, 0.3) is 5.91 Å². The van der Waals surface area contributed by atoms with Gasteiger partial charge in [-0.05, 0) is 42.0 Å². The maximum Gasteiger partial charge on any atom is 0.270 e. The van der Waals surface area contributed by atoms with Gasteiger partial charge in [0.2, 0.25) is 0 Å². The third kappa shape index (κ3) is 3.87. The van der Waals surface area contributed by atoms with Crippen LogP contribution in [0.2, 0.25) is 0 Å². The highest BCUT2D eigenvalue weighted by molar-refractivity contribution is 8.27. The van der Waals surface area contributed by atoms with Crippen molar-refractivity contribution in [3.63, 3.8) is 0 Å². The summed E-state index contributed by atoms with van der Waals surface area (Å²) >= 11 is 6.58. The second-order valence-corrected chi connectivity index (χ2v) is 7.96. The first kappa shape index (κ1) is 19.9. The van der Waals surface area contributed by atoms with Crippen LogP contribution in [0.5, 0.6) is 5.75 Å². The van der Waals surface area contributed by atoms with Crippen LogP contribution in [0.4, 0.5) is 5.69 Å². The smallest absolute Gasteiger partial charge is 0.270 e. The number of rotatable bonds is 5. The highest BCUT2D eigenvalue weighted by atomic mass is 32.2. The molecule has 0 radical (unpaired) electrons. The molecular formula is C22H14NO5S2-. The Hall–Kier alpha value is -3.36. The van der Waals surface area contributed by atoms with Crippen molar-refractivity contribution in [2.75, 3.05) is 12.0 Å². The van der Waals surface area contributed by atoms with E-state index in [9.17, 15) is 14.7 Å². The molecular weight excluding hydrogens is 422 g/mol. The van der Waals surface area contributed by atoms with Gasteiger partial charge in [-0.2, -0.15) is 0 Å². The lowest BCUT2D eigenvalue weighted by atomic mass is 10.1. The molecule has 1 amide bonds. The van der Waals surface area contributed by atoms with Crippen LogP contribution >= 0.6 is 24.0 Å². The second-order valence-electron chi connectivity index (χ2n) is 6.28. The molecule has 0 atom stereocenters. The van der Waals surface area contributed by atoms with E-state index >= 15 is 0 Å². The molecule has 4 rings (SSSR count). The number of amides is 1. The molecule has 3 aromatic rings. The lowest BCUT2D eigenvalue weighted by Crippen LogP contribution is -2.27. The van der Waals surface area contributed by atoms with Gasteiger partial charge < -0.3 is 19.1 Å². The number of aromatic carboxylic acids is 1. The van der Waals surface area contributed by atoms with Crippen molar-refractivity contribution in [1.82, 2.24) is 0 Å². The number of methoxy groups -OCH3 is 1. The van der Waals surface area contributed by atoms with Crippen molar-refractivity contribution < 1.29 is 23.8 Å². The van der Waals surface area contributed by atoms with Crippen molar-refractivity contribution in [2.45, 2.75) is 0 Å². The molecule has 1 aromatic heterocycles. The second kappa shape index (κ2) is 8.17. The van der Waals surface area contributed by atoms with Crippen molar-refractivity contribution >= 4 is 51.9 Å². The first-order valence-electron chi connectivity index (χ1n) is 8.80. The molecule has 0 aliphatic carbocycles. The zero-order chi connectivity index (χ0) is 21.3.